The average Bonchev–Trinajstić information content (AvgIpc) is 3.38. The highest BCUT2D eigenvalue weighted by Crippen LogP contribution is 2.34. The lowest BCUT2D eigenvalue weighted by Crippen LogP contribution is -2.49. The van der Waals surface area contributed by atoms with Gasteiger partial charge in [-0.3, -0.25) is 14.5 Å². The number of carbonyl (C=O) groups excluding carboxylic acids is 2. The lowest BCUT2D eigenvalue weighted by molar-refractivity contribution is -0.126. The molecule has 2 saturated heterocycles. The molecule has 8 heteroatoms. The zero-order chi connectivity index (χ0) is 22.8. The van der Waals surface area contributed by atoms with Crippen molar-refractivity contribution in [1.29, 1.82) is 0 Å². The van der Waals surface area contributed by atoms with Crippen molar-refractivity contribution < 1.29 is 20.5 Å². The quantitative estimate of drug-likeness (QED) is 0.674. The van der Waals surface area contributed by atoms with Crippen molar-refractivity contribution in [3.63, 3.8) is 0 Å². The van der Waals surface area contributed by atoms with Gasteiger partial charge in [-0.15, -0.1) is 11.3 Å². The number of carbonyl (C=O) groups is 2. The molecule has 33 heavy (non-hydrogen) atoms. The molecule has 5 rings (SSSR count). The van der Waals surface area contributed by atoms with E-state index >= 15 is 0 Å². The average molecular weight is 470 g/mol. The Balaban J connectivity index is 0.00000274. The molecule has 2 amide bonds. The minimum absolute atomic E-state index is 0. The molecule has 1 atom stereocenters. The predicted octanol–water partition coefficient (Wildman–Crippen LogP) is 3.20. The fourth-order valence-corrected chi connectivity index (χ4v) is 5.56. The van der Waals surface area contributed by atoms with E-state index in [0.29, 0.717) is 31.6 Å². The molecule has 0 aliphatic carbocycles. The van der Waals surface area contributed by atoms with E-state index < -0.39 is 6.04 Å². The van der Waals surface area contributed by atoms with Gasteiger partial charge in [0.25, 0.3) is 5.91 Å². The van der Waals surface area contributed by atoms with Crippen molar-refractivity contribution in [1.82, 2.24) is 15.1 Å². The van der Waals surface area contributed by atoms with E-state index in [1.54, 1.807) is 16.2 Å². The summed E-state index contributed by atoms with van der Waals surface area (Å²) in [6.45, 7) is 9.41. The van der Waals surface area contributed by atoms with Gasteiger partial charge < -0.3 is 19.7 Å². The zero-order valence-electron chi connectivity index (χ0n) is 18.7. The first-order valence-corrected chi connectivity index (χ1v) is 12.4. The molecule has 1 N–H and O–H groups in total. The summed E-state index contributed by atoms with van der Waals surface area (Å²) >= 11 is 1.55. The number of amides is 2. The smallest absolute Gasteiger partial charge is 0.256 e. The molecule has 3 aliphatic rings. The van der Waals surface area contributed by atoms with Crippen LogP contribution in [0.15, 0.2) is 41.9 Å². The van der Waals surface area contributed by atoms with Gasteiger partial charge in [-0.1, -0.05) is 18.7 Å². The molecule has 1 aromatic carbocycles. The van der Waals surface area contributed by atoms with Crippen molar-refractivity contribution in [2.75, 3.05) is 32.8 Å². The number of benzene rings is 1. The van der Waals surface area contributed by atoms with Crippen molar-refractivity contribution in [3.05, 3.63) is 63.5 Å². The molecular formula is C25H31N3O4S. The third kappa shape index (κ3) is 4.83. The van der Waals surface area contributed by atoms with Gasteiger partial charge in [0.05, 0.1) is 18.8 Å². The summed E-state index contributed by atoms with van der Waals surface area (Å²) in [4.78, 5) is 30.4. The molecule has 0 unspecified atom stereocenters. The molecular weight excluding hydrogens is 438 g/mol. The fourth-order valence-electron chi connectivity index (χ4n) is 4.62. The van der Waals surface area contributed by atoms with Crippen LogP contribution in [-0.2, 0) is 29.1 Å². The van der Waals surface area contributed by atoms with Crippen LogP contribution in [0, 0.1) is 0 Å². The second kappa shape index (κ2) is 9.67. The Morgan fingerprint density at radius 1 is 1.21 bits per heavy atom. The normalized spacial score (nSPS) is 21.3. The van der Waals surface area contributed by atoms with Crippen LogP contribution in [0.4, 0.5) is 0 Å². The molecule has 0 radical (unpaired) electrons. The van der Waals surface area contributed by atoms with Gasteiger partial charge in [0.2, 0.25) is 5.91 Å². The van der Waals surface area contributed by atoms with Crippen LogP contribution in [0.2, 0.25) is 0 Å². The Labute approximate surface area is 199 Å². The van der Waals surface area contributed by atoms with Crippen LogP contribution in [0.5, 0.6) is 5.75 Å². The second-order valence-corrected chi connectivity index (χ2v) is 9.73. The van der Waals surface area contributed by atoms with E-state index in [9.17, 15) is 9.59 Å². The summed E-state index contributed by atoms with van der Waals surface area (Å²) in [5.41, 5.74) is 3.71. The number of hydrogen-bond donors (Lipinski definition) is 1. The Morgan fingerprint density at radius 3 is 2.76 bits per heavy atom. The Kier molecular flexibility index (Phi) is 6.48. The number of fused-ring (bicyclic) bond motifs is 1. The lowest BCUT2D eigenvalue weighted by atomic mass is 10.0. The Morgan fingerprint density at radius 2 is 2.00 bits per heavy atom. The first-order valence-electron chi connectivity index (χ1n) is 11.5. The van der Waals surface area contributed by atoms with Crippen LogP contribution in [-0.4, -0.2) is 60.5 Å². The third-order valence-electron chi connectivity index (χ3n) is 6.61. The number of piperidine rings is 1. The fraction of sp³-hybridized carbons (Fsp3) is 0.440. The molecule has 0 bridgehead atoms. The summed E-state index contributed by atoms with van der Waals surface area (Å²) in [6, 6.07) is 7.84. The van der Waals surface area contributed by atoms with Crippen LogP contribution >= 0.6 is 11.3 Å². The number of nitrogens with zero attached hydrogens (tertiary/aromatic N) is 2. The summed E-state index contributed by atoms with van der Waals surface area (Å²) in [7, 11) is 0. The van der Waals surface area contributed by atoms with Gasteiger partial charge in [-0.05, 0) is 37.0 Å². The van der Waals surface area contributed by atoms with Gasteiger partial charge in [-0.25, -0.2) is 0 Å². The molecule has 176 valence electrons. The SMILES string of the molecule is C=C1CC[C@H](N2Cc3c(csc3COc3ccc(CCN4CCOCC4)cc3)C2=O)C(=O)N1.[HH]. The van der Waals surface area contributed by atoms with Crippen LogP contribution in [0.3, 0.4) is 0 Å². The molecule has 1 aromatic heterocycles. The Hall–Kier alpha value is -2.68. The van der Waals surface area contributed by atoms with Crippen LogP contribution in [0.25, 0.3) is 0 Å². The highest BCUT2D eigenvalue weighted by Gasteiger charge is 2.39. The summed E-state index contributed by atoms with van der Waals surface area (Å²) in [5, 5.41) is 4.68. The molecule has 0 spiro atoms. The lowest BCUT2D eigenvalue weighted by Gasteiger charge is -2.31. The maximum atomic E-state index is 12.9. The topological polar surface area (TPSA) is 71.1 Å². The summed E-state index contributed by atoms with van der Waals surface area (Å²) in [5.74, 6) is 0.614. The third-order valence-corrected chi connectivity index (χ3v) is 7.61. The van der Waals surface area contributed by atoms with Crippen LogP contribution in [0.1, 0.15) is 40.6 Å². The van der Waals surface area contributed by atoms with Gasteiger partial charge in [0.1, 0.15) is 18.4 Å². The number of thiophene rings is 1. The van der Waals surface area contributed by atoms with Crippen LogP contribution < -0.4 is 10.1 Å². The molecule has 4 heterocycles. The molecule has 2 aromatic rings. The highest BCUT2D eigenvalue weighted by atomic mass is 32.1. The van der Waals surface area contributed by atoms with Crippen molar-refractivity contribution in [3.8, 4) is 5.75 Å². The first kappa shape index (κ1) is 22.1. The molecule has 7 nitrogen and oxygen atoms in total. The molecule has 3 aliphatic heterocycles. The van der Waals surface area contributed by atoms with Gasteiger partial charge in [0, 0.05) is 49.1 Å². The zero-order valence-corrected chi connectivity index (χ0v) is 19.5. The number of allylic oxidation sites excluding steroid dienone is 1. The van der Waals surface area contributed by atoms with Gasteiger partial charge >= 0.3 is 0 Å². The van der Waals surface area contributed by atoms with Crippen molar-refractivity contribution >= 4 is 23.2 Å². The molecule has 2 fully saturated rings. The molecule has 0 saturated carbocycles. The minimum atomic E-state index is -0.431. The van der Waals surface area contributed by atoms with E-state index in [1.807, 2.05) is 17.5 Å². The van der Waals surface area contributed by atoms with Crippen molar-refractivity contribution in [2.24, 2.45) is 0 Å². The van der Waals surface area contributed by atoms with Gasteiger partial charge in [0.15, 0.2) is 0 Å². The monoisotopic (exact) mass is 469 g/mol. The van der Waals surface area contributed by atoms with E-state index in [0.717, 1.165) is 61.2 Å². The number of ether oxygens (including phenoxy) is 2. The van der Waals surface area contributed by atoms with E-state index in [-0.39, 0.29) is 13.2 Å². The summed E-state index contributed by atoms with van der Waals surface area (Å²) in [6.07, 6.45) is 2.33. The largest absolute Gasteiger partial charge is 0.488 e. The highest BCUT2D eigenvalue weighted by molar-refractivity contribution is 7.10. The number of morpholine rings is 1. The number of hydrogen-bond acceptors (Lipinski definition) is 6. The maximum absolute atomic E-state index is 12.9. The number of rotatable bonds is 7. The van der Waals surface area contributed by atoms with E-state index in [2.05, 4.69) is 28.9 Å². The minimum Gasteiger partial charge on any atom is -0.488 e. The predicted molar refractivity (Wildman–Crippen MR) is 128 cm³/mol. The second-order valence-electron chi connectivity index (χ2n) is 8.77. The Bertz CT molecular complexity index is 1050. The standard InChI is InChI=1S/C25H29N3O4S.H2/c1-17-2-7-22(24(29)26-17)28-14-20-21(25(28)30)16-33-23(20)15-32-19-5-3-18(4-6-19)8-9-27-10-12-31-13-11-27;/h3-6,16,22H,1-2,7-15H2,(H,26,29);1H/t22-;/m0./s1. The number of nitrogens with one attached hydrogen (secondary N) is 1. The summed E-state index contributed by atoms with van der Waals surface area (Å²) < 4.78 is 11.4. The van der Waals surface area contributed by atoms with E-state index in [4.69, 9.17) is 9.47 Å². The maximum Gasteiger partial charge on any atom is 0.256 e. The van der Waals surface area contributed by atoms with Crippen molar-refractivity contribution in [2.45, 2.75) is 38.5 Å². The first-order chi connectivity index (χ1) is 16.1. The van der Waals surface area contributed by atoms with E-state index in [1.165, 1.54) is 5.56 Å². The van der Waals surface area contributed by atoms with Gasteiger partial charge in [-0.2, -0.15) is 0 Å².